The Kier molecular flexibility index (Phi) is 3.99. The van der Waals surface area contributed by atoms with E-state index in [0.29, 0.717) is 5.56 Å². The van der Waals surface area contributed by atoms with Crippen LogP contribution in [-0.2, 0) is 5.75 Å². The Bertz CT molecular complexity index is 569. The molecule has 0 unspecified atom stereocenters. The third-order valence-corrected chi connectivity index (χ3v) is 3.48. The first-order valence-corrected chi connectivity index (χ1v) is 6.50. The molecule has 2 rings (SSSR count). The fourth-order valence-corrected chi connectivity index (χ4v) is 2.46. The minimum absolute atomic E-state index is 0.322. The fourth-order valence-electron chi connectivity index (χ4n) is 1.58. The average Bonchev–Trinajstić information content (AvgIpc) is 2.37. The lowest BCUT2D eigenvalue weighted by atomic mass is 10.2. The molecule has 0 saturated carbocycles. The molecule has 0 aliphatic carbocycles. The number of aromatic nitrogens is 1. The molecule has 92 valence electrons. The molecule has 1 aromatic carbocycles. The Hall–Kier alpha value is -1.81. The minimum Gasteiger partial charge on any atom is -0.478 e. The number of aryl methyl sites for hydroxylation is 1. The Morgan fingerprint density at radius 3 is 2.89 bits per heavy atom. The number of nitrogens with zero attached hydrogens (tertiary/aromatic N) is 1. The molecule has 0 spiro atoms. The minimum atomic E-state index is -0.894. The maximum absolute atomic E-state index is 10.9. The van der Waals surface area contributed by atoms with Crippen molar-refractivity contribution in [1.82, 2.24) is 4.98 Å². The van der Waals surface area contributed by atoms with Gasteiger partial charge in [0.25, 0.3) is 0 Å². The number of thioether (sulfide) groups is 1. The molecule has 0 saturated heterocycles. The van der Waals surface area contributed by atoms with E-state index < -0.39 is 5.97 Å². The van der Waals surface area contributed by atoms with Crippen molar-refractivity contribution in [3.63, 3.8) is 0 Å². The largest absolute Gasteiger partial charge is 0.478 e. The van der Waals surface area contributed by atoms with E-state index in [1.807, 2.05) is 25.4 Å². The first-order valence-electron chi connectivity index (χ1n) is 5.52. The van der Waals surface area contributed by atoms with Crippen molar-refractivity contribution in [1.29, 1.82) is 0 Å². The van der Waals surface area contributed by atoms with E-state index in [2.05, 4.69) is 11.1 Å². The van der Waals surface area contributed by atoms with Crippen molar-refractivity contribution in [2.24, 2.45) is 0 Å². The highest BCUT2D eigenvalue weighted by atomic mass is 32.2. The van der Waals surface area contributed by atoms with Gasteiger partial charge in [0.05, 0.1) is 5.56 Å². The van der Waals surface area contributed by atoms with Gasteiger partial charge in [-0.2, -0.15) is 0 Å². The summed E-state index contributed by atoms with van der Waals surface area (Å²) in [6.07, 6.45) is 3.65. The lowest BCUT2D eigenvalue weighted by Gasteiger charge is -2.03. The van der Waals surface area contributed by atoms with Crippen LogP contribution < -0.4 is 0 Å². The zero-order valence-electron chi connectivity index (χ0n) is 9.96. The summed E-state index contributed by atoms with van der Waals surface area (Å²) < 4.78 is 0. The molecule has 0 bridgehead atoms. The third kappa shape index (κ3) is 3.34. The summed E-state index contributed by atoms with van der Waals surface area (Å²) in [7, 11) is 0. The van der Waals surface area contributed by atoms with Gasteiger partial charge < -0.3 is 5.11 Å². The molecule has 0 fully saturated rings. The zero-order valence-corrected chi connectivity index (χ0v) is 10.8. The van der Waals surface area contributed by atoms with Crippen LogP contribution in [0.4, 0.5) is 0 Å². The molecule has 3 nitrogen and oxygen atoms in total. The van der Waals surface area contributed by atoms with Gasteiger partial charge >= 0.3 is 5.97 Å². The molecule has 0 aliphatic rings. The van der Waals surface area contributed by atoms with Gasteiger partial charge in [0, 0.05) is 23.0 Å². The Balaban J connectivity index is 2.06. The normalized spacial score (nSPS) is 10.3. The maximum atomic E-state index is 10.9. The van der Waals surface area contributed by atoms with Gasteiger partial charge in [-0.05, 0) is 36.2 Å². The molecular weight excluding hydrogens is 246 g/mol. The molecule has 2 aromatic rings. The summed E-state index contributed by atoms with van der Waals surface area (Å²) >= 11 is 1.61. The maximum Gasteiger partial charge on any atom is 0.335 e. The van der Waals surface area contributed by atoms with Crippen LogP contribution in [0.1, 0.15) is 21.5 Å². The van der Waals surface area contributed by atoms with E-state index in [0.717, 1.165) is 21.8 Å². The van der Waals surface area contributed by atoms with Crippen molar-refractivity contribution in [3.8, 4) is 0 Å². The van der Waals surface area contributed by atoms with Gasteiger partial charge in [0.1, 0.15) is 0 Å². The second-order valence-corrected chi connectivity index (χ2v) is 5.04. The number of carboxylic acid groups (broad SMARTS) is 1. The quantitative estimate of drug-likeness (QED) is 0.855. The molecule has 0 amide bonds. The molecule has 0 atom stereocenters. The molecule has 1 aromatic heterocycles. The van der Waals surface area contributed by atoms with Gasteiger partial charge in [-0.1, -0.05) is 12.1 Å². The number of carboxylic acids is 1. The van der Waals surface area contributed by atoms with Crippen molar-refractivity contribution < 1.29 is 9.90 Å². The first-order chi connectivity index (χ1) is 8.65. The second kappa shape index (κ2) is 5.69. The molecule has 0 aliphatic heterocycles. The number of pyridine rings is 1. The van der Waals surface area contributed by atoms with E-state index >= 15 is 0 Å². The first kappa shape index (κ1) is 12.6. The molecule has 4 heteroatoms. The molecule has 1 N–H and O–H groups in total. The summed E-state index contributed by atoms with van der Waals surface area (Å²) in [5.41, 5.74) is 2.59. The summed E-state index contributed by atoms with van der Waals surface area (Å²) in [5, 5.41) is 8.91. The predicted molar refractivity (Wildman–Crippen MR) is 71.9 cm³/mol. The molecule has 1 heterocycles. The summed E-state index contributed by atoms with van der Waals surface area (Å²) in [6.45, 7) is 2.01. The van der Waals surface area contributed by atoms with Crippen LogP contribution in [0.2, 0.25) is 0 Å². The fraction of sp³-hybridized carbons (Fsp3) is 0.143. The van der Waals surface area contributed by atoms with Gasteiger partial charge in [0.2, 0.25) is 0 Å². The van der Waals surface area contributed by atoms with Crippen LogP contribution in [0.3, 0.4) is 0 Å². The summed E-state index contributed by atoms with van der Waals surface area (Å²) in [6, 6.07) is 9.05. The highest BCUT2D eigenvalue weighted by molar-refractivity contribution is 7.98. The van der Waals surface area contributed by atoms with Crippen LogP contribution in [0.5, 0.6) is 0 Å². The van der Waals surface area contributed by atoms with Gasteiger partial charge in [-0.25, -0.2) is 4.79 Å². The summed E-state index contributed by atoms with van der Waals surface area (Å²) in [5.74, 6) is -0.104. The second-order valence-electron chi connectivity index (χ2n) is 3.99. The molecular formula is C14H13NO2S. The van der Waals surface area contributed by atoms with Crippen LogP contribution in [0.15, 0.2) is 47.6 Å². The zero-order chi connectivity index (χ0) is 13.0. The summed E-state index contributed by atoms with van der Waals surface area (Å²) in [4.78, 5) is 15.9. The monoisotopic (exact) mass is 259 g/mol. The van der Waals surface area contributed by atoms with Crippen molar-refractivity contribution >= 4 is 17.7 Å². The topological polar surface area (TPSA) is 50.2 Å². The van der Waals surface area contributed by atoms with Crippen LogP contribution >= 0.6 is 11.8 Å². The van der Waals surface area contributed by atoms with Crippen molar-refractivity contribution in [2.45, 2.75) is 17.6 Å². The van der Waals surface area contributed by atoms with Crippen LogP contribution in [0.25, 0.3) is 0 Å². The number of carbonyl (C=O) groups is 1. The lowest BCUT2D eigenvalue weighted by molar-refractivity contribution is 0.0696. The standard InChI is InChI=1S/C14H13NO2S/c1-10-5-11(8-15-7-10)9-18-13-4-2-3-12(6-13)14(16)17/h2-8H,9H2,1H3,(H,16,17). The lowest BCUT2D eigenvalue weighted by Crippen LogP contribution is -1.95. The Labute approximate surface area is 110 Å². The van der Waals surface area contributed by atoms with E-state index in [1.165, 1.54) is 0 Å². The predicted octanol–water partition coefficient (Wildman–Crippen LogP) is 3.38. The number of hydrogen-bond donors (Lipinski definition) is 1. The Morgan fingerprint density at radius 1 is 1.33 bits per heavy atom. The Morgan fingerprint density at radius 2 is 2.17 bits per heavy atom. The smallest absolute Gasteiger partial charge is 0.335 e. The molecule has 18 heavy (non-hydrogen) atoms. The highest BCUT2D eigenvalue weighted by Gasteiger charge is 2.04. The molecule has 0 radical (unpaired) electrons. The average molecular weight is 259 g/mol. The van der Waals surface area contributed by atoms with E-state index in [9.17, 15) is 4.79 Å². The third-order valence-electron chi connectivity index (χ3n) is 2.42. The number of rotatable bonds is 4. The highest BCUT2D eigenvalue weighted by Crippen LogP contribution is 2.23. The van der Waals surface area contributed by atoms with E-state index in [4.69, 9.17) is 5.11 Å². The van der Waals surface area contributed by atoms with Crippen molar-refractivity contribution in [2.75, 3.05) is 0 Å². The van der Waals surface area contributed by atoms with Crippen LogP contribution in [0, 0.1) is 6.92 Å². The number of hydrogen-bond acceptors (Lipinski definition) is 3. The van der Waals surface area contributed by atoms with Crippen LogP contribution in [-0.4, -0.2) is 16.1 Å². The van der Waals surface area contributed by atoms with Gasteiger partial charge in [0.15, 0.2) is 0 Å². The van der Waals surface area contributed by atoms with E-state index in [-0.39, 0.29) is 0 Å². The van der Waals surface area contributed by atoms with Gasteiger partial charge in [-0.15, -0.1) is 11.8 Å². The number of benzene rings is 1. The van der Waals surface area contributed by atoms with Crippen molar-refractivity contribution in [3.05, 3.63) is 59.4 Å². The number of aromatic carboxylic acids is 1. The van der Waals surface area contributed by atoms with E-state index in [1.54, 1.807) is 30.0 Å². The van der Waals surface area contributed by atoms with Gasteiger partial charge in [-0.3, -0.25) is 4.98 Å². The SMILES string of the molecule is Cc1cncc(CSc2cccc(C(=O)O)c2)c1.